The SMILES string of the molecule is CCOc1c(CNCC2(O)CCOCC2)c(C)nn1CC(C)C. The maximum Gasteiger partial charge on any atom is 0.216 e. The summed E-state index contributed by atoms with van der Waals surface area (Å²) in [4.78, 5) is 0. The molecule has 0 amide bonds. The van der Waals surface area contributed by atoms with E-state index in [0.717, 1.165) is 23.7 Å². The summed E-state index contributed by atoms with van der Waals surface area (Å²) in [6, 6.07) is 0. The molecule has 2 rings (SSSR count). The average molecular weight is 325 g/mol. The van der Waals surface area contributed by atoms with Crippen LogP contribution < -0.4 is 10.1 Å². The molecule has 0 atom stereocenters. The van der Waals surface area contributed by atoms with Gasteiger partial charge in [0, 0.05) is 45.7 Å². The van der Waals surface area contributed by atoms with Crippen molar-refractivity contribution >= 4 is 0 Å². The number of rotatable bonds is 8. The summed E-state index contributed by atoms with van der Waals surface area (Å²) >= 11 is 0. The molecule has 1 aliphatic rings. The molecule has 0 spiro atoms. The molecule has 0 unspecified atom stereocenters. The van der Waals surface area contributed by atoms with Crippen molar-refractivity contribution in [3.8, 4) is 5.88 Å². The third kappa shape index (κ3) is 4.93. The van der Waals surface area contributed by atoms with Crippen LogP contribution in [0.3, 0.4) is 0 Å². The largest absolute Gasteiger partial charge is 0.478 e. The molecule has 0 bridgehead atoms. The molecule has 1 fully saturated rings. The van der Waals surface area contributed by atoms with Crippen molar-refractivity contribution in [2.24, 2.45) is 5.92 Å². The molecule has 0 aromatic carbocycles. The van der Waals surface area contributed by atoms with Gasteiger partial charge in [-0.05, 0) is 19.8 Å². The Kier molecular flexibility index (Phi) is 6.44. The molecule has 6 nitrogen and oxygen atoms in total. The maximum atomic E-state index is 10.5. The molecule has 2 heterocycles. The fraction of sp³-hybridized carbons (Fsp3) is 0.824. The smallest absolute Gasteiger partial charge is 0.216 e. The second kappa shape index (κ2) is 8.13. The number of nitrogens with zero attached hydrogens (tertiary/aromatic N) is 2. The molecule has 1 aromatic rings. The minimum atomic E-state index is -0.661. The topological polar surface area (TPSA) is 68.5 Å². The Morgan fingerprint density at radius 2 is 2.09 bits per heavy atom. The fourth-order valence-corrected chi connectivity index (χ4v) is 2.92. The van der Waals surface area contributed by atoms with E-state index >= 15 is 0 Å². The van der Waals surface area contributed by atoms with Gasteiger partial charge in [-0.15, -0.1) is 0 Å². The first-order valence-corrected chi connectivity index (χ1v) is 8.65. The maximum absolute atomic E-state index is 10.5. The number of aryl methyl sites for hydroxylation is 1. The Balaban J connectivity index is 2.01. The van der Waals surface area contributed by atoms with Crippen molar-refractivity contribution in [2.45, 2.75) is 59.2 Å². The molecule has 0 saturated carbocycles. The highest BCUT2D eigenvalue weighted by Gasteiger charge is 2.29. The molecule has 23 heavy (non-hydrogen) atoms. The average Bonchev–Trinajstić information content (AvgIpc) is 2.76. The molecular weight excluding hydrogens is 294 g/mol. The van der Waals surface area contributed by atoms with E-state index in [1.54, 1.807) is 0 Å². The third-order valence-corrected chi connectivity index (χ3v) is 4.20. The van der Waals surface area contributed by atoms with E-state index in [1.807, 2.05) is 18.5 Å². The fourth-order valence-electron chi connectivity index (χ4n) is 2.92. The highest BCUT2D eigenvalue weighted by atomic mass is 16.5. The first kappa shape index (κ1) is 18.2. The Morgan fingerprint density at radius 1 is 1.39 bits per heavy atom. The summed E-state index contributed by atoms with van der Waals surface area (Å²) in [5.74, 6) is 1.36. The van der Waals surface area contributed by atoms with Gasteiger partial charge in [0.15, 0.2) is 0 Å². The van der Waals surface area contributed by atoms with Crippen LogP contribution in [0.2, 0.25) is 0 Å². The molecule has 1 aliphatic heterocycles. The van der Waals surface area contributed by atoms with E-state index in [-0.39, 0.29) is 0 Å². The van der Waals surface area contributed by atoms with Crippen LogP contribution >= 0.6 is 0 Å². The van der Waals surface area contributed by atoms with Gasteiger partial charge in [0.2, 0.25) is 5.88 Å². The van der Waals surface area contributed by atoms with Crippen molar-refractivity contribution < 1.29 is 14.6 Å². The van der Waals surface area contributed by atoms with Gasteiger partial charge < -0.3 is 19.9 Å². The van der Waals surface area contributed by atoms with E-state index < -0.39 is 5.60 Å². The van der Waals surface area contributed by atoms with E-state index in [1.165, 1.54) is 0 Å². The lowest BCUT2D eigenvalue weighted by atomic mass is 9.94. The van der Waals surface area contributed by atoms with Crippen LogP contribution in [0.25, 0.3) is 0 Å². The van der Waals surface area contributed by atoms with Crippen molar-refractivity contribution in [2.75, 3.05) is 26.4 Å². The Hall–Kier alpha value is -1.11. The van der Waals surface area contributed by atoms with E-state index in [4.69, 9.17) is 9.47 Å². The van der Waals surface area contributed by atoms with Crippen LogP contribution in [0.5, 0.6) is 5.88 Å². The Bertz CT molecular complexity index is 494. The molecule has 6 heteroatoms. The predicted octanol–water partition coefficient (Wildman–Crippen LogP) is 1.88. The monoisotopic (exact) mass is 325 g/mol. The first-order valence-electron chi connectivity index (χ1n) is 8.65. The second-order valence-electron chi connectivity index (χ2n) is 6.82. The summed E-state index contributed by atoms with van der Waals surface area (Å²) in [7, 11) is 0. The van der Waals surface area contributed by atoms with Gasteiger partial charge >= 0.3 is 0 Å². The highest BCUT2D eigenvalue weighted by molar-refractivity contribution is 5.31. The van der Waals surface area contributed by atoms with Crippen molar-refractivity contribution in [1.82, 2.24) is 15.1 Å². The second-order valence-corrected chi connectivity index (χ2v) is 6.82. The molecule has 2 N–H and O–H groups in total. The summed E-state index contributed by atoms with van der Waals surface area (Å²) < 4.78 is 13.1. The summed E-state index contributed by atoms with van der Waals surface area (Å²) in [6.45, 7) is 12.3. The van der Waals surface area contributed by atoms with Gasteiger partial charge in [0.25, 0.3) is 0 Å². The summed E-state index contributed by atoms with van der Waals surface area (Å²) in [5.41, 5.74) is 1.41. The zero-order valence-electron chi connectivity index (χ0n) is 14.9. The van der Waals surface area contributed by atoms with Gasteiger partial charge in [-0.2, -0.15) is 5.10 Å². The van der Waals surface area contributed by atoms with Crippen LogP contribution in [0.1, 0.15) is 44.9 Å². The molecule has 132 valence electrons. The van der Waals surface area contributed by atoms with Crippen molar-refractivity contribution in [1.29, 1.82) is 0 Å². The Morgan fingerprint density at radius 3 is 2.70 bits per heavy atom. The molecular formula is C17H31N3O3. The molecule has 0 aliphatic carbocycles. The number of aliphatic hydroxyl groups is 1. The van der Waals surface area contributed by atoms with Gasteiger partial charge in [-0.3, -0.25) is 0 Å². The zero-order valence-corrected chi connectivity index (χ0v) is 14.9. The number of hydrogen-bond acceptors (Lipinski definition) is 5. The predicted molar refractivity (Wildman–Crippen MR) is 89.7 cm³/mol. The number of aromatic nitrogens is 2. The van der Waals surface area contributed by atoms with E-state index in [9.17, 15) is 5.11 Å². The number of ether oxygens (including phenoxy) is 2. The quantitative estimate of drug-likeness (QED) is 0.764. The van der Waals surface area contributed by atoms with Gasteiger partial charge in [-0.25, -0.2) is 4.68 Å². The van der Waals surface area contributed by atoms with Crippen LogP contribution in [0.4, 0.5) is 0 Å². The van der Waals surface area contributed by atoms with Gasteiger partial charge in [0.1, 0.15) is 0 Å². The van der Waals surface area contributed by atoms with Crippen LogP contribution in [-0.4, -0.2) is 46.9 Å². The van der Waals surface area contributed by atoms with Crippen LogP contribution in [-0.2, 0) is 17.8 Å². The van der Waals surface area contributed by atoms with E-state index in [2.05, 4.69) is 24.3 Å². The summed E-state index contributed by atoms with van der Waals surface area (Å²) in [6.07, 6.45) is 1.37. The van der Waals surface area contributed by atoms with Crippen LogP contribution in [0, 0.1) is 12.8 Å². The first-order chi connectivity index (χ1) is 10.9. The number of hydrogen-bond donors (Lipinski definition) is 2. The van der Waals surface area contributed by atoms with E-state index in [0.29, 0.717) is 51.7 Å². The van der Waals surface area contributed by atoms with Gasteiger partial charge in [0.05, 0.1) is 23.5 Å². The van der Waals surface area contributed by atoms with Crippen LogP contribution in [0.15, 0.2) is 0 Å². The van der Waals surface area contributed by atoms with Gasteiger partial charge in [-0.1, -0.05) is 13.8 Å². The summed E-state index contributed by atoms with van der Waals surface area (Å²) in [5, 5.41) is 18.5. The third-order valence-electron chi connectivity index (χ3n) is 4.20. The molecule has 1 saturated heterocycles. The lowest BCUT2D eigenvalue weighted by molar-refractivity contribution is -0.0617. The lowest BCUT2D eigenvalue weighted by Gasteiger charge is -2.32. The van der Waals surface area contributed by atoms with Crippen molar-refractivity contribution in [3.05, 3.63) is 11.3 Å². The molecule has 1 aromatic heterocycles. The molecule has 0 radical (unpaired) electrons. The normalized spacial score (nSPS) is 17.7. The standard InChI is InChI=1S/C17H31N3O3/c1-5-23-16-15(14(4)19-20(16)11-13(2)3)10-18-12-17(21)6-8-22-9-7-17/h13,18,21H,5-12H2,1-4H3. The zero-order chi connectivity index (χ0) is 16.9. The number of nitrogens with one attached hydrogen (secondary N) is 1. The lowest BCUT2D eigenvalue weighted by Crippen LogP contribution is -2.44. The Labute approximate surface area is 139 Å². The van der Waals surface area contributed by atoms with Crippen molar-refractivity contribution in [3.63, 3.8) is 0 Å². The minimum absolute atomic E-state index is 0.511. The minimum Gasteiger partial charge on any atom is -0.478 e. The highest BCUT2D eigenvalue weighted by Crippen LogP contribution is 2.24.